The number of benzene rings is 2. The zero-order valence-corrected chi connectivity index (χ0v) is 15.5. The van der Waals surface area contributed by atoms with Crippen LogP contribution in [0.4, 0.5) is 4.39 Å². The predicted octanol–water partition coefficient (Wildman–Crippen LogP) is 5.55. The average Bonchev–Trinajstić information content (AvgIpc) is 3.10. The summed E-state index contributed by atoms with van der Waals surface area (Å²) in [5.74, 6) is 0.0740. The van der Waals surface area contributed by atoms with Gasteiger partial charge in [-0.2, -0.15) is 0 Å². The van der Waals surface area contributed by atoms with E-state index in [2.05, 4.69) is 4.98 Å². The van der Waals surface area contributed by atoms with E-state index in [4.69, 9.17) is 4.74 Å². The summed E-state index contributed by atoms with van der Waals surface area (Å²) in [6.07, 6.45) is 5.82. The molecule has 0 amide bonds. The Bertz CT molecular complexity index is 1120. The molecular formula is C23H21FN2O2. The van der Waals surface area contributed by atoms with Gasteiger partial charge in [-0.25, -0.2) is 4.79 Å². The first kappa shape index (κ1) is 18.2. The molecule has 0 atom stereocenters. The number of carbonyl (C=O) groups is 1. The van der Waals surface area contributed by atoms with Crippen LogP contribution in [0.2, 0.25) is 0 Å². The summed E-state index contributed by atoms with van der Waals surface area (Å²) in [5, 5.41) is 1.85. The standard InChI is InChI=1S/C23H21FN2O2/c24-12-4-1-5-14-26-16-20(19-8-2-3-9-22(19)26)23(27)28-18-11-10-17-7-6-13-25-21(17)15-18/h2-3,6-11,13,15-16H,1,4-5,12,14H2. The molecule has 142 valence electrons. The van der Waals surface area contributed by atoms with Crippen molar-refractivity contribution in [2.24, 2.45) is 0 Å². The van der Waals surface area contributed by atoms with Crippen LogP contribution in [-0.4, -0.2) is 22.2 Å². The summed E-state index contributed by atoms with van der Waals surface area (Å²) in [4.78, 5) is 17.2. The van der Waals surface area contributed by atoms with Gasteiger partial charge in [-0.05, 0) is 43.5 Å². The highest BCUT2D eigenvalue weighted by Gasteiger charge is 2.17. The third-order valence-corrected chi connectivity index (χ3v) is 4.83. The first-order valence-electron chi connectivity index (χ1n) is 9.47. The SMILES string of the molecule is O=C(Oc1ccc2cccnc2c1)c1cn(CCCCCF)c2ccccc12. The number of hydrogen-bond donors (Lipinski definition) is 0. The molecule has 0 aliphatic carbocycles. The van der Waals surface area contributed by atoms with E-state index < -0.39 is 5.97 Å². The van der Waals surface area contributed by atoms with Crippen molar-refractivity contribution in [2.75, 3.05) is 6.67 Å². The largest absolute Gasteiger partial charge is 0.423 e. The van der Waals surface area contributed by atoms with E-state index in [0.717, 1.165) is 41.2 Å². The van der Waals surface area contributed by atoms with Crippen LogP contribution in [0.1, 0.15) is 29.6 Å². The average molecular weight is 376 g/mol. The third kappa shape index (κ3) is 3.74. The zero-order chi connectivity index (χ0) is 19.3. The maximum absolute atomic E-state index is 12.8. The number of aromatic nitrogens is 2. The first-order chi connectivity index (χ1) is 13.8. The van der Waals surface area contributed by atoms with Crippen LogP contribution in [-0.2, 0) is 6.54 Å². The maximum Gasteiger partial charge on any atom is 0.345 e. The van der Waals surface area contributed by atoms with Crippen LogP contribution < -0.4 is 4.74 Å². The number of pyridine rings is 1. The minimum Gasteiger partial charge on any atom is -0.423 e. The number of halogens is 1. The van der Waals surface area contributed by atoms with Gasteiger partial charge in [0.15, 0.2) is 0 Å². The molecule has 0 spiro atoms. The zero-order valence-electron chi connectivity index (χ0n) is 15.5. The lowest BCUT2D eigenvalue weighted by Crippen LogP contribution is -2.08. The number of para-hydroxylation sites is 1. The van der Waals surface area contributed by atoms with Gasteiger partial charge in [-0.1, -0.05) is 24.3 Å². The first-order valence-corrected chi connectivity index (χ1v) is 9.47. The lowest BCUT2D eigenvalue weighted by Gasteiger charge is -2.05. The molecular weight excluding hydrogens is 355 g/mol. The number of ether oxygens (including phenoxy) is 1. The summed E-state index contributed by atoms with van der Waals surface area (Å²) in [6, 6.07) is 17.0. The summed E-state index contributed by atoms with van der Waals surface area (Å²) >= 11 is 0. The minimum absolute atomic E-state index is 0.287. The number of aryl methyl sites for hydroxylation is 1. The molecule has 0 unspecified atom stereocenters. The highest BCUT2D eigenvalue weighted by molar-refractivity contribution is 6.05. The van der Waals surface area contributed by atoms with Crippen molar-refractivity contribution in [3.63, 3.8) is 0 Å². The van der Waals surface area contributed by atoms with Crippen molar-refractivity contribution < 1.29 is 13.9 Å². The van der Waals surface area contributed by atoms with Crippen molar-refractivity contribution in [2.45, 2.75) is 25.8 Å². The molecule has 0 fully saturated rings. The molecule has 0 bridgehead atoms. The Kier molecular flexibility index (Phi) is 5.33. The molecule has 4 rings (SSSR count). The number of rotatable bonds is 7. The second-order valence-electron chi connectivity index (χ2n) is 6.75. The molecule has 0 radical (unpaired) electrons. The van der Waals surface area contributed by atoms with Crippen molar-refractivity contribution in [1.29, 1.82) is 0 Å². The molecule has 2 aromatic carbocycles. The number of nitrogens with zero attached hydrogens (tertiary/aromatic N) is 2. The lowest BCUT2D eigenvalue weighted by molar-refractivity contribution is 0.0737. The van der Waals surface area contributed by atoms with Gasteiger partial charge in [-0.3, -0.25) is 9.37 Å². The Hall–Kier alpha value is -3.21. The van der Waals surface area contributed by atoms with E-state index in [1.165, 1.54) is 0 Å². The molecule has 0 N–H and O–H groups in total. The van der Waals surface area contributed by atoms with Crippen LogP contribution in [0.3, 0.4) is 0 Å². The summed E-state index contributed by atoms with van der Waals surface area (Å²) < 4.78 is 20.0. The molecule has 4 aromatic rings. The molecule has 2 heterocycles. The molecule has 5 heteroatoms. The highest BCUT2D eigenvalue weighted by Crippen LogP contribution is 2.25. The molecule has 0 saturated carbocycles. The maximum atomic E-state index is 12.8. The normalized spacial score (nSPS) is 11.2. The van der Waals surface area contributed by atoms with Gasteiger partial charge >= 0.3 is 5.97 Å². The van der Waals surface area contributed by atoms with E-state index in [0.29, 0.717) is 17.7 Å². The number of alkyl halides is 1. The van der Waals surface area contributed by atoms with E-state index in [1.807, 2.05) is 53.2 Å². The smallest absolute Gasteiger partial charge is 0.345 e. The number of hydrogen-bond acceptors (Lipinski definition) is 3. The van der Waals surface area contributed by atoms with Gasteiger partial charge in [0.1, 0.15) is 5.75 Å². The highest BCUT2D eigenvalue weighted by atomic mass is 19.1. The molecule has 28 heavy (non-hydrogen) atoms. The van der Waals surface area contributed by atoms with Crippen LogP contribution >= 0.6 is 0 Å². The van der Waals surface area contributed by atoms with Crippen LogP contribution in [0.25, 0.3) is 21.8 Å². The summed E-state index contributed by atoms with van der Waals surface area (Å²) in [6.45, 7) is 0.457. The summed E-state index contributed by atoms with van der Waals surface area (Å²) in [5.41, 5.74) is 2.29. The number of esters is 1. The van der Waals surface area contributed by atoms with Gasteiger partial charge in [0.25, 0.3) is 0 Å². The van der Waals surface area contributed by atoms with E-state index >= 15 is 0 Å². The van der Waals surface area contributed by atoms with E-state index in [1.54, 1.807) is 18.3 Å². The number of fused-ring (bicyclic) bond motifs is 2. The second kappa shape index (κ2) is 8.21. The Morgan fingerprint density at radius 2 is 1.93 bits per heavy atom. The van der Waals surface area contributed by atoms with E-state index in [-0.39, 0.29) is 6.67 Å². The van der Waals surface area contributed by atoms with Crippen LogP contribution in [0.5, 0.6) is 5.75 Å². The fourth-order valence-electron chi connectivity index (χ4n) is 3.42. The van der Waals surface area contributed by atoms with Crippen molar-refractivity contribution >= 4 is 27.8 Å². The molecule has 0 aliphatic rings. The molecule has 2 aromatic heterocycles. The predicted molar refractivity (Wildman–Crippen MR) is 108 cm³/mol. The Morgan fingerprint density at radius 1 is 1.04 bits per heavy atom. The fourth-order valence-corrected chi connectivity index (χ4v) is 3.42. The van der Waals surface area contributed by atoms with Gasteiger partial charge in [0.2, 0.25) is 0 Å². The van der Waals surface area contributed by atoms with Gasteiger partial charge in [0, 0.05) is 41.3 Å². The van der Waals surface area contributed by atoms with Gasteiger partial charge in [-0.15, -0.1) is 0 Å². The summed E-state index contributed by atoms with van der Waals surface area (Å²) in [7, 11) is 0. The van der Waals surface area contributed by atoms with Crippen molar-refractivity contribution in [3.05, 3.63) is 72.6 Å². The van der Waals surface area contributed by atoms with Crippen molar-refractivity contribution in [3.8, 4) is 5.75 Å². The Labute approximate surface area is 162 Å². The lowest BCUT2D eigenvalue weighted by atomic mass is 10.2. The number of unbranched alkanes of at least 4 members (excludes halogenated alkanes) is 2. The Morgan fingerprint density at radius 3 is 2.82 bits per heavy atom. The van der Waals surface area contributed by atoms with Crippen molar-refractivity contribution in [1.82, 2.24) is 9.55 Å². The van der Waals surface area contributed by atoms with Gasteiger partial charge < -0.3 is 9.30 Å². The molecule has 0 saturated heterocycles. The second-order valence-corrected chi connectivity index (χ2v) is 6.75. The van der Waals surface area contributed by atoms with E-state index in [9.17, 15) is 9.18 Å². The molecule has 0 aliphatic heterocycles. The third-order valence-electron chi connectivity index (χ3n) is 4.83. The monoisotopic (exact) mass is 376 g/mol. The topological polar surface area (TPSA) is 44.1 Å². The fraction of sp³-hybridized carbons (Fsp3) is 0.217. The van der Waals surface area contributed by atoms with Gasteiger partial charge in [0.05, 0.1) is 17.8 Å². The minimum atomic E-state index is -0.394. The number of carbonyl (C=O) groups excluding carboxylic acids is 1. The Balaban J connectivity index is 1.59. The van der Waals surface area contributed by atoms with Crippen LogP contribution in [0.15, 0.2) is 67.0 Å². The molecule has 4 nitrogen and oxygen atoms in total. The quantitative estimate of drug-likeness (QED) is 0.241. The van der Waals surface area contributed by atoms with Crippen LogP contribution in [0, 0.1) is 0 Å².